The zero-order valence-corrected chi connectivity index (χ0v) is 14.7. The van der Waals surface area contributed by atoms with E-state index in [-0.39, 0.29) is 12.2 Å². The molecule has 24 heavy (non-hydrogen) atoms. The quantitative estimate of drug-likeness (QED) is 0.821. The Bertz CT molecular complexity index is 832. The Morgan fingerprint density at radius 2 is 1.96 bits per heavy atom. The van der Waals surface area contributed by atoms with Crippen LogP contribution in [0, 0.1) is 0 Å². The van der Waals surface area contributed by atoms with Crippen LogP contribution in [0.2, 0.25) is 0 Å². The van der Waals surface area contributed by atoms with Crippen molar-refractivity contribution in [3.63, 3.8) is 0 Å². The van der Waals surface area contributed by atoms with E-state index >= 15 is 0 Å². The molecule has 122 valence electrons. The highest BCUT2D eigenvalue weighted by molar-refractivity contribution is 9.10. The molecule has 2 aromatic rings. The van der Waals surface area contributed by atoms with Crippen molar-refractivity contribution >= 4 is 39.4 Å². The standard InChI is InChI=1S/C19H16BrNO3/c1-21-17-10-8-14(20)11-16(17)19(24,18(21)23)12-15(22)9-7-13-5-3-2-4-6-13/h2-11,24H,12H2,1H3/b9-7-/t19-/m1/s1. The maximum atomic E-state index is 12.5. The van der Waals surface area contributed by atoms with Crippen LogP contribution in [0.3, 0.4) is 0 Å². The summed E-state index contributed by atoms with van der Waals surface area (Å²) in [4.78, 5) is 26.2. The third kappa shape index (κ3) is 2.92. The van der Waals surface area contributed by atoms with E-state index in [9.17, 15) is 14.7 Å². The second-order valence-corrected chi connectivity index (χ2v) is 6.69. The normalized spacial score (nSPS) is 19.8. The van der Waals surface area contributed by atoms with Gasteiger partial charge >= 0.3 is 0 Å². The Hall–Kier alpha value is -2.24. The van der Waals surface area contributed by atoms with Crippen LogP contribution < -0.4 is 4.90 Å². The van der Waals surface area contributed by atoms with Crippen molar-refractivity contribution in [2.24, 2.45) is 0 Å². The molecule has 1 aliphatic rings. The van der Waals surface area contributed by atoms with Crippen molar-refractivity contribution < 1.29 is 14.7 Å². The van der Waals surface area contributed by atoms with Gasteiger partial charge in [0, 0.05) is 17.1 Å². The molecule has 0 radical (unpaired) electrons. The summed E-state index contributed by atoms with van der Waals surface area (Å²) in [6.07, 6.45) is 2.79. The minimum absolute atomic E-state index is 0.289. The van der Waals surface area contributed by atoms with E-state index in [0.717, 1.165) is 10.0 Å². The van der Waals surface area contributed by atoms with Gasteiger partial charge in [0.05, 0.1) is 12.1 Å². The van der Waals surface area contributed by atoms with Crippen LogP contribution >= 0.6 is 15.9 Å². The van der Waals surface area contributed by atoms with Crippen molar-refractivity contribution in [1.29, 1.82) is 0 Å². The van der Waals surface area contributed by atoms with E-state index in [1.807, 2.05) is 30.3 Å². The highest BCUT2D eigenvalue weighted by atomic mass is 79.9. The smallest absolute Gasteiger partial charge is 0.263 e. The molecule has 0 aromatic heterocycles. The number of ketones is 1. The lowest BCUT2D eigenvalue weighted by Gasteiger charge is -2.20. The van der Waals surface area contributed by atoms with Crippen LogP contribution in [-0.2, 0) is 15.2 Å². The van der Waals surface area contributed by atoms with E-state index in [1.165, 1.54) is 11.0 Å². The number of aliphatic hydroxyl groups is 1. The molecule has 0 fully saturated rings. The van der Waals surface area contributed by atoms with Crippen molar-refractivity contribution in [2.45, 2.75) is 12.0 Å². The molecule has 1 N–H and O–H groups in total. The van der Waals surface area contributed by atoms with Crippen molar-refractivity contribution in [1.82, 2.24) is 0 Å². The highest BCUT2D eigenvalue weighted by Crippen LogP contribution is 2.42. The second kappa shape index (κ2) is 6.34. The van der Waals surface area contributed by atoms with Crippen LogP contribution in [0.1, 0.15) is 17.5 Å². The lowest BCUT2D eigenvalue weighted by molar-refractivity contribution is -0.140. The fraction of sp³-hybridized carbons (Fsp3) is 0.158. The molecular weight excluding hydrogens is 370 g/mol. The Morgan fingerprint density at radius 1 is 1.25 bits per heavy atom. The van der Waals surface area contributed by atoms with Gasteiger partial charge in [-0.3, -0.25) is 9.59 Å². The van der Waals surface area contributed by atoms with Gasteiger partial charge in [-0.2, -0.15) is 0 Å². The van der Waals surface area contributed by atoms with E-state index in [2.05, 4.69) is 15.9 Å². The molecule has 0 bridgehead atoms. The number of rotatable bonds is 4. The first-order valence-electron chi connectivity index (χ1n) is 7.48. The van der Waals surface area contributed by atoms with E-state index in [0.29, 0.717) is 11.3 Å². The summed E-state index contributed by atoms with van der Waals surface area (Å²) in [5.74, 6) is -0.798. The molecule has 1 aliphatic heterocycles. The largest absolute Gasteiger partial charge is 0.375 e. The first kappa shape index (κ1) is 16.6. The molecule has 3 rings (SSSR count). The molecule has 0 saturated heterocycles. The van der Waals surface area contributed by atoms with Gasteiger partial charge in [0.2, 0.25) is 0 Å². The van der Waals surface area contributed by atoms with Crippen molar-refractivity contribution in [2.75, 3.05) is 11.9 Å². The topological polar surface area (TPSA) is 57.6 Å². The summed E-state index contributed by atoms with van der Waals surface area (Å²) in [5, 5.41) is 10.9. The van der Waals surface area contributed by atoms with Gasteiger partial charge in [-0.25, -0.2) is 0 Å². The summed E-state index contributed by atoms with van der Waals surface area (Å²) >= 11 is 3.34. The predicted molar refractivity (Wildman–Crippen MR) is 96.5 cm³/mol. The summed E-state index contributed by atoms with van der Waals surface area (Å²) in [6.45, 7) is 0. The third-order valence-electron chi connectivity index (χ3n) is 4.12. The van der Waals surface area contributed by atoms with Gasteiger partial charge in [-0.1, -0.05) is 52.3 Å². The summed E-state index contributed by atoms with van der Waals surface area (Å²) < 4.78 is 0.745. The van der Waals surface area contributed by atoms with Crippen molar-refractivity contribution in [3.8, 4) is 0 Å². The summed E-state index contributed by atoms with van der Waals surface area (Å²) in [5.41, 5.74) is 0.124. The molecule has 2 aromatic carbocycles. The number of carbonyl (C=O) groups excluding carboxylic acids is 2. The molecule has 1 atom stereocenters. The summed E-state index contributed by atoms with van der Waals surface area (Å²) in [7, 11) is 1.59. The molecule has 1 heterocycles. The number of amides is 1. The first-order chi connectivity index (χ1) is 11.4. The number of fused-ring (bicyclic) bond motifs is 1. The van der Waals surface area contributed by atoms with Crippen LogP contribution in [0.25, 0.3) is 6.08 Å². The summed E-state index contributed by atoms with van der Waals surface area (Å²) in [6, 6.07) is 14.6. The molecular formula is C19H16BrNO3. The SMILES string of the molecule is CN1C(=O)[C@@](O)(CC(=O)/C=C\c2ccccc2)c2cc(Br)ccc21. The van der Waals surface area contributed by atoms with Crippen molar-refractivity contribution in [3.05, 3.63) is 70.2 Å². The Morgan fingerprint density at radius 3 is 2.67 bits per heavy atom. The predicted octanol–water partition coefficient (Wildman–Crippen LogP) is 3.29. The van der Waals surface area contributed by atoms with Crippen LogP contribution in [0.15, 0.2) is 59.1 Å². The number of hydrogen-bond donors (Lipinski definition) is 1. The minimum Gasteiger partial charge on any atom is -0.375 e. The number of benzene rings is 2. The average molecular weight is 386 g/mol. The molecule has 0 spiro atoms. The number of halogens is 1. The number of carbonyl (C=O) groups is 2. The number of likely N-dealkylation sites (N-methyl/N-ethyl adjacent to an activating group) is 1. The number of anilines is 1. The Kier molecular flexibility index (Phi) is 4.39. The monoisotopic (exact) mass is 385 g/mol. The van der Waals surface area contributed by atoms with Gasteiger partial charge < -0.3 is 10.0 Å². The molecule has 5 heteroatoms. The molecule has 0 saturated carbocycles. The number of nitrogens with zero attached hydrogens (tertiary/aromatic N) is 1. The van der Waals surface area contributed by atoms with E-state index < -0.39 is 11.5 Å². The number of allylic oxidation sites excluding steroid dienone is 1. The maximum Gasteiger partial charge on any atom is 0.263 e. The molecule has 1 amide bonds. The van der Waals surface area contributed by atoms with E-state index in [4.69, 9.17) is 0 Å². The van der Waals surface area contributed by atoms with Gasteiger partial charge in [0.25, 0.3) is 5.91 Å². The molecule has 0 aliphatic carbocycles. The Labute approximate surface area is 148 Å². The number of hydrogen-bond acceptors (Lipinski definition) is 3. The zero-order chi connectivity index (χ0) is 17.3. The van der Waals surface area contributed by atoms with Gasteiger partial charge in [0.1, 0.15) is 0 Å². The van der Waals surface area contributed by atoms with Crippen LogP contribution in [-0.4, -0.2) is 23.8 Å². The van der Waals surface area contributed by atoms with Crippen LogP contribution in [0.5, 0.6) is 0 Å². The third-order valence-corrected chi connectivity index (χ3v) is 4.61. The Balaban J connectivity index is 1.86. The lowest BCUT2D eigenvalue weighted by Crippen LogP contribution is -2.40. The van der Waals surface area contributed by atoms with Gasteiger partial charge in [-0.05, 0) is 29.8 Å². The highest BCUT2D eigenvalue weighted by Gasteiger charge is 2.49. The first-order valence-corrected chi connectivity index (χ1v) is 8.27. The van der Waals surface area contributed by atoms with Crippen LogP contribution in [0.4, 0.5) is 5.69 Å². The second-order valence-electron chi connectivity index (χ2n) is 5.77. The maximum absolute atomic E-state index is 12.5. The van der Waals surface area contributed by atoms with Gasteiger partial charge in [0.15, 0.2) is 11.4 Å². The minimum atomic E-state index is -1.83. The van der Waals surface area contributed by atoms with E-state index in [1.54, 1.807) is 31.3 Å². The zero-order valence-electron chi connectivity index (χ0n) is 13.1. The fourth-order valence-electron chi connectivity index (χ4n) is 2.87. The molecule has 4 nitrogen and oxygen atoms in total. The lowest BCUT2D eigenvalue weighted by atomic mass is 9.89. The van der Waals surface area contributed by atoms with Gasteiger partial charge in [-0.15, -0.1) is 0 Å². The fourth-order valence-corrected chi connectivity index (χ4v) is 3.23. The average Bonchev–Trinajstić information content (AvgIpc) is 2.75. The molecule has 0 unspecified atom stereocenters.